The molecule has 0 spiro atoms. The summed E-state index contributed by atoms with van der Waals surface area (Å²) in [5, 5.41) is 10.9. The van der Waals surface area contributed by atoms with Crippen LogP contribution in [0.15, 0.2) is 24.3 Å². The molecule has 0 aliphatic heterocycles. The number of rotatable bonds is 18. The summed E-state index contributed by atoms with van der Waals surface area (Å²) < 4.78 is 16.4. The molecule has 0 unspecified atom stereocenters. The van der Waals surface area contributed by atoms with E-state index in [0.29, 0.717) is 24.2 Å². The molecule has 4 N–H and O–H groups in total. The van der Waals surface area contributed by atoms with Gasteiger partial charge in [-0.15, -0.1) is 0 Å². The zero-order valence-corrected chi connectivity index (χ0v) is 25.3. The first kappa shape index (κ1) is 34.4. The molecule has 11 nitrogen and oxygen atoms in total. The van der Waals surface area contributed by atoms with E-state index in [4.69, 9.17) is 13.6 Å². The van der Waals surface area contributed by atoms with Gasteiger partial charge in [-0.25, -0.2) is 19.2 Å². The molecular weight excluding hydrogens is 512 g/mol. The highest BCUT2D eigenvalue weighted by atomic mass is 28.4. The van der Waals surface area contributed by atoms with Crippen molar-refractivity contribution in [2.45, 2.75) is 65.0 Å². The van der Waals surface area contributed by atoms with Crippen LogP contribution >= 0.6 is 0 Å². The van der Waals surface area contributed by atoms with Gasteiger partial charge in [0.25, 0.3) is 0 Å². The minimum Gasteiger partial charge on any atom is -0.460 e. The lowest BCUT2D eigenvalue weighted by Crippen LogP contribution is -2.45. The van der Waals surface area contributed by atoms with Gasteiger partial charge in [-0.3, -0.25) is 0 Å². The summed E-state index contributed by atoms with van der Waals surface area (Å²) in [6.45, 7) is 20.6. The van der Waals surface area contributed by atoms with E-state index in [1.165, 1.54) is 0 Å². The van der Waals surface area contributed by atoms with E-state index in [9.17, 15) is 19.2 Å². The number of urea groups is 2. The third-order valence-electron chi connectivity index (χ3n) is 4.97. The van der Waals surface area contributed by atoms with Crippen molar-refractivity contribution in [2.75, 3.05) is 39.4 Å². The van der Waals surface area contributed by atoms with Gasteiger partial charge in [0.15, 0.2) is 16.6 Å². The third kappa shape index (κ3) is 19.2. The van der Waals surface area contributed by atoms with Gasteiger partial charge >= 0.3 is 24.0 Å². The zero-order valence-electron chi connectivity index (χ0n) is 23.3. The van der Waals surface area contributed by atoms with Crippen molar-refractivity contribution in [1.82, 2.24) is 21.3 Å². The van der Waals surface area contributed by atoms with Crippen LogP contribution in [0.2, 0.25) is 38.3 Å². The number of nitrogens with one attached hydrogen (secondary N) is 4. The second-order valence-corrected chi connectivity index (χ2v) is 18.9. The predicted molar refractivity (Wildman–Crippen MR) is 149 cm³/mol. The van der Waals surface area contributed by atoms with E-state index in [2.05, 4.69) is 60.6 Å². The van der Waals surface area contributed by atoms with Crippen molar-refractivity contribution in [3.05, 3.63) is 24.3 Å². The summed E-state index contributed by atoms with van der Waals surface area (Å²) in [5.74, 6) is -0.947. The second kappa shape index (κ2) is 17.7. The average molecular weight is 559 g/mol. The van der Waals surface area contributed by atoms with E-state index < -0.39 is 28.6 Å². The average Bonchev–Trinajstić information content (AvgIpc) is 2.78. The molecule has 212 valence electrons. The number of amides is 4. The van der Waals surface area contributed by atoms with Crippen molar-refractivity contribution in [3.63, 3.8) is 0 Å². The largest absolute Gasteiger partial charge is 0.460 e. The number of ether oxygens (including phenoxy) is 2. The standard InChI is InChI=1S/C24H46N4O7Si2/c1-19(2)21(29)33-15-13-27-23(31)25-11-9-17-36(5,6)35-37(7,8)18-10-12-26-24(32)28-14-16-34-22(30)20(3)4/h1,3,9-18H2,2,4-8H3,(H2,25,27,31)(H2,26,28,32). The molecule has 0 aromatic rings. The van der Waals surface area contributed by atoms with E-state index in [1.54, 1.807) is 13.8 Å². The maximum atomic E-state index is 11.8. The lowest BCUT2D eigenvalue weighted by atomic mass is 10.4. The molecule has 13 heteroatoms. The van der Waals surface area contributed by atoms with Crippen LogP contribution in [0.5, 0.6) is 0 Å². The van der Waals surface area contributed by atoms with Crippen LogP contribution in [0.4, 0.5) is 9.59 Å². The molecule has 0 atom stereocenters. The Morgan fingerprint density at radius 3 is 1.27 bits per heavy atom. The zero-order chi connectivity index (χ0) is 28.5. The molecule has 0 aliphatic carbocycles. The fourth-order valence-electron chi connectivity index (χ4n) is 3.27. The fourth-order valence-corrected chi connectivity index (χ4v) is 12.1. The highest BCUT2D eigenvalue weighted by molar-refractivity contribution is 6.84. The Kier molecular flexibility index (Phi) is 16.5. The van der Waals surface area contributed by atoms with Gasteiger partial charge in [0, 0.05) is 24.2 Å². The number of carbonyl (C=O) groups is 4. The first-order valence-electron chi connectivity index (χ1n) is 12.5. The smallest absolute Gasteiger partial charge is 0.333 e. The lowest BCUT2D eigenvalue weighted by molar-refractivity contribution is -0.139. The fraction of sp³-hybridized carbons (Fsp3) is 0.667. The molecule has 0 heterocycles. The van der Waals surface area contributed by atoms with Crippen LogP contribution in [-0.2, 0) is 23.2 Å². The van der Waals surface area contributed by atoms with Crippen LogP contribution in [0.25, 0.3) is 0 Å². The van der Waals surface area contributed by atoms with Crippen molar-refractivity contribution >= 4 is 40.6 Å². The van der Waals surface area contributed by atoms with E-state index in [1.807, 2.05) is 0 Å². The van der Waals surface area contributed by atoms with Crippen LogP contribution in [0.3, 0.4) is 0 Å². The maximum absolute atomic E-state index is 11.8. The number of hydrogen-bond acceptors (Lipinski definition) is 7. The summed E-state index contributed by atoms with van der Waals surface area (Å²) in [6, 6.07) is 1.23. The van der Waals surface area contributed by atoms with Crippen molar-refractivity contribution < 1.29 is 32.8 Å². The molecule has 0 aliphatic rings. The topological polar surface area (TPSA) is 144 Å². The van der Waals surface area contributed by atoms with E-state index >= 15 is 0 Å². The monoisotopic (exact) mass is 558 g/mol. The Morgan fingerprint density at radius 2 is 0.946 bits per heavy atom. The minimum atomic E-state index is -1.91. The van der Waals surface area contributed by atoms with Crippen LogP contribution in [-0.4, -0.2) is 80.0 Å². The van der Waals surface area contributed by atoms with Gasteiger partial charge in [0.1, 0.15) is 13.2 Å². The highest BCUT2D eigenvalue weighted by Crippen LogP contribution is 2.23. The second-order valence-electron chi connectivity index (χ2n) is 10.0. The predicted octanol–water partition coefficient (Wildman–Crippen LogP) is 3.03. The van der Waals surface area contributed by atoms with E-state index in [-0.39, 0.29) is 38.4 Å². The lowest BCUT2D eigenvalue weighted by Gasteiger charge is -2.34. The normalized spacial score (nSPS) is 11.2. The van der Waals surface area contributed by atoms with Gasteiger partial charge < -0.3 is 34.9 Å². The molecule has 0 rings (SSSR count). The first-order valence-corrected chi connectivity index (χ1v) is 18.8. The summed E-state index contributed by atoms with van der Waals surface area (Å²) >= 11 is 0. The van der Waals surface area contributed by atoms with Crippen molar-refractivity contribution in [3.8, 4) is 0 Å². The Morgan fingerprint density at radius 1 is 0.622 bits per heavy atom. The van der Waals surface area contributed by atoms with Gasteiger partial charge in [-0.2, -0.15) is 0 Å². The minimum absolute atomic E-state index is 0.0970. The maximum Gasteiger partial charge on any atom is 0.333 e. The molecule has 0 fully saturated rings. The summed E-state index contributed by atoms with van der Waals surface area (Å²) in [7, 11) is -3.82. The van der Waals surface area contributed by atoms with E-state index in [0.717, 1.165) is 24.9 Å². The molecule has 0 radical (unpaired) electrons. The first-order chi connectivity index (χ1) is 17.1. The van der Waals surface area contributed by atoms with Crippen LogP contribution in [0.1, 0.15) is 26.7 Å². The number of hydrogen-bond donors (Lipinski definition) is 4. The number of carbonyl (C=O) groups excluding carboxylic acids is 4. The molecule has 4 amide bonds. The summed E-state index contributed by atoms with van der Waals surface area (Å²) in [4.78, 5) is 46.2. The Balaban J connectivity index is 4.01. The summed E-state index contributed by atoms with van der Waals surface area (Å²) in [6.07, 6.45) is 1.62. The molecule has 0 bridgehead atoms. The molecule has 37 heavy (non-hydrogen) atoms. The SMILES string of the molecule is C=C(C)C(=O)OCCNC(=O)NCCC[Si](C)(C)O[Si](C)(C)CCCNC(=O)NCCOC(=O)C(=C)C. The van der Waals surface area contributed by atoms with Crippen LogP contribution in [0, 0.1) is 0 Å². The van der Waals surface area contributed by atoms with Gasteiger partial charge in [-0.05, 0) is 65.0 Å². The van der Waals surface area contributed by atoms with Gasteiger partial charge in [0.05, 0.1) is 13.1 Å². The molecule has 0 aromatic carbocycles. The Labute approximate surface area is 223 Å². The molecule has 0 saturated heterocycles. The molecule has 0 aromatic heterocycles. The Hall–Kier alpha value is -2.65. The van der Waals surface area contributed by atoms with Crippen molar-refractivity contribution in [1.29, 1.82) is 0 Å². The summed E-state index contributed by atoms with van der Waals surface area (Å²) in [5.41, 5.74) is 0.641. The Bertz CT molecular complexity index is 740. The highest BCUT2D eigenvalue weighted by Gasteiger charge is 2.32. The van der Waals surface area contributed by atoms with Gasteiger partial charge in [0.2, 0.25) is 0 Å². The number of esters is 2. The van der Waals surface area contributed by atoms with Gasteiger partial charge in [-0.1, -0.05) is 13.2 Å². The third-order valence-corrected chi connectivity index (χ3v) is 12.5. The molecular formula is C24H46N4O7Si2. The van der Waals surface area contributed by atoms with Crippen molar-refractivity contribution in [2.24, 2.45) is 0 Å². The van der Waals surface area contributed by atoms with Crippen LogP contribution < -0.4 is 21.3 Å². The molecule has 0 saturated carbocycles. The quantitative estimate of drug-likeness (QED) is 0.0876.